The standard InChI is InChI=1S/C16H23ClO2/c1-5-6-11-16(4,18)15(2,3)12-19-14-9-7-13(17)8-10-14/h5,7-10,18H,1,6,11-12H2,2-4H3. The van der Waals surface area contributed by atoms with Crippen molar-refractivity contribution >= 4 is 11.6 Å². The molecule has 0 saturated heterocycles. The molecule has 0 fully saturated rings. The number of ether oxygens (including phenoxy) is 1. The Morgan fingerprint density at radius 2 is 1.84 bits per heavy atom. The van der Waals surface area contributed by atoms with E-state index in [0.29, 0.717) is 18.1 Å². The van der Waals surface area contributed by atoms with Crippen molar-refractivity contribution in [2.24, 2.45) is 5.41 Å². The molecule has 19 heavy (non-hydrogen) atoms. The van der Waals surface area contributed by atoms with Crippen molar-refractivity contribution in [3.8, 4) is 5.75 Å². The highest BCUT2D eigenvalue weighted by Crippen LogP contribution is 2.35. The van der Waals surface area contributed by atoms with Crippen LogP contribution in [0.2, 0.25) is 5.02 Å². The highest BCUT2D eigenvalue weighted by atomic mass is 35.5. The van der Waals surface area contributed by atoms with E-state index in [1.54, 1.807) is 12.1 Å². The van der Waals surface area contributed by atoms with Crippen LogP contribution in [0.4, 0.5) is 0 Å². The second-order valence-electron chi connectivity index (χ2n) is 5.73. The van der Waals surface area contributed by atoms with Gasteiger partial charge in [-0.15, -0.1) is 6.58 Å². The molecule has 0 saturated carbocycles. The lowest BCUT2D eigenvalue weighted by Crippen LogP contribution is -2.45. The van der Waals surface area contributed by atoms with Crippen LogP contribution in [0.1, 0.15) is 33.6 Å². The number of hydrogen-bond acceptors (Lipinski definition) is 2. The van der Waals surface area contributed by atoms with Crippen LogP contribution in [0.15, 0.2) is 36.9 Å². The molecule has 0 aliphatic rings. The SMILES string of the molecule is C=CCCC(C)(O)C(C)(C)COc1ccc(Cl)cc1. The summed E-state index contributed by atoms with van der Waals surface area (Å²) in [6.07, 6.45) is 3.29. The van der Waals surface area contributed by atoms with E-state index >= 15 is 0 Å². The average Bonchev–Trinajstić information content (AvgIpc) is 2.35. The summed E-state index contributed by atoms with van der Waals surface area (Å²) in [5.41, 5.74) is -1.15. The molecule has 1 unspecified atom stereocenters. The summed E-state index contributed by atoms with van der Waals surface area (Å²) >= 11 is 5.83. The molecule has 0 aliphatic carbocycles. The van der Waals surface area contributed by atoms with Crippen LogP contribution in [0.25, 0.3) is 0 Å². The average molecular weight is 283 g/mol. The fourth-order valence-corrected chi connectivity index (χ4v) is 1.80. The van der Waals surface area contributed by atoms with Gasteiger partial charge in [-0.25, -0.2) is 0 Å². The second-order valence-corrected chi connectivity index (χ2v) is 6.16. The minimum atomic E-state index is -0.798. The number of hydrogen-bond donors (Lipinski definition) is 1. The molecule has 3 heteroatoms. The van der Waals surface area contributed by atoms with Gasteiger partial charge in [0.15, 0.2) is 0 Å². The topological polar surface area (TPSA) is 29.5 Å². The fraction of sp³-hybridized carbons (Fsp3) is 0.500. The van der Waals surface area contributed by atoms with Gasteiger partial charge in [0, 0.05) is 10.4 Å². The van der Waals surface area contributed by atoms with Crippen LogP contribution in [0.5, 0.6) is 5.75 Å². The zero-order chi connectivity index (χ0) is 14.5. The van der Waals surface area contributed by atoms with Crippen LogP contribution in [0, 0.1) is 5.41 Å². The van der Waals surface area contributed by atoms with Gasteiger partial charge in [-0.05, 0) is 44.0 Å². The summed E-state index contributed by atoms with van der Waals surface area (Å²) < 4.78 is 5.75. The molecule has 106 valence electrons. The predicted molar refractivity (Wildman–Crippen MR) is 80.8 cm³/mol. The van der Waals surface area contributed by atoms with E-state index in [9.17, 15) is 5.11 Å². The van der Waals surface area contributed by atoms with Crippen LogP contribution in [-0.4, -0.2) is 17.3 Å². The molecule has 0 spiro atoms. The largest absolute Gasteiger partial charge is 0.493 e. The van der Waals surface area contributed by atoms with Crippen molar-refractivity contribution in [1.29, 1.82) is 0 Å². The maximum absolute atomic E-state index is 10.5. The van der Waals surface area contributed by atoms with Crippen molar-refractivity contribution in [3.63, 3.8) is 0 Å². The van der Waals surface area contributed by atoms with E-state index in [4.69, 9.17) is 16.3 Å². The number of aliphatic hydroxyl groups is 1. The minimum absolute atomic E-state index is 0.352. The lowest BCUT2D eigenvalue weighted by Gasteiger charge is -2.39. The first-order valence-electron chi connectivity index (χ1n) is 6.50. The van der Waals surface area contributed by atoms with E-state index < -0.39 is 5.60 Å². The lowest BCUT2D eigenvalue weighted by atomic mass is 9.74. The van der Waals surface area contributed by atoms with Crippen LogP contribution >= 0.6 is 11.6 Å². The smallest absolute Gasteiger partial charge is 0.119 e. The quantitative estimate of drug-likeness (QED) is 0.748. The summed E-state index contributed by atoms with van der Waals surface area (Å²) in [7, 11) is 0. The maximum Gasteiger partial charge on any atom is 0.119 e. The van der Waals surface area contributed by atoms with Gasteiger partial charge in [-0.1, -0.05) is 31.5 Å². The Morgan fingerprint density at radius 3 is 2.37 bits per heavy atom. The van der Waals surface area contributed by atoms with Gasteiger partial charge in [0.2, 0.25) is 0 Å². The molecular formula is C16H23ClO2. The summed E-state index contributed by atoms with van der Waals surface area (Å²) in [5.74, 6) is 0.761. The molecule has 1 rings (SSSR count). The van der Waals surface area contributed by atoms with Crippen LogP contribution in [-0.2, 0) is 0 Å². The van der Waals surface area contributed by atoms with E-state index in [1.807, 2.05) is 39.0 Å². The van der Waals surface area contributed by atoms with E-state index in [2.05, 4.69) is 6.58 Å². The normalized spacial score (nSPS) is 14.8. The van der Waals surface area contributed by atoms with Crippen molar-refractivity contribution in [1.82, 2.24) is 0 Å². The first kappa shape index (κ1) is 16.1. The Bertz CT molecular complexity index is 407. The lowest BCUT2D eigenvalue weighted by molar-refractivity contribution is -0.0766. The number of allylic oxidation sites excluding steroid dienone is 1. The highest BCUT2D eigenvalue weighted by Gasteiger charge is 2.39. The van der Waals surface area contributed by atoms with Gasteiger partial charge in [-0.2, -0.15) is 0 Å². The van der Waals surface area contributed by atoms with Gasteiger partial charge in [0.25, 0.3) is 0 Å². The Kier molecular flexibility index (Phi) is 5.45. The van der Waals surface area contributed by atoms with E-state index in [0.717, 1.165) is 12.2 Å². The molecule has 1 aromatic carbocycles. The van der Waals surface area contributed by atoms with Gasteiger partial charge in [0.05, 0.1) is 12.2 Å². The third-order valence-electron chi connectivity index (χ3n) is 3.71. The van der Waals surface area contributed by atoms with Crippen molar-refractivity contribution < 1.29 is 9.84 Å². The van der Waals surface area contributed by atoms with Crippen LogP contribution in [0.3, 0.4) is 0 Å². The van der Waals surface area contributed by atoms with Gasteiger partial charge in [-0.3, -0.25) is 0 Å². The molecule has 0 amide bonds. The van der Waals surface area contributed by atoms with Gasteiger partial charge < -0.3 is 9.84 Å². The third kappa shape index (κ3) is 4.55. The fourth-order valence-electron chi connectivity index (χ4n) is 1.67. The van der Waals surface area contributed by atoms with E-state index in [-0.39, 0.29) is 5.41 Å². The minimum Gasteiger partial charge on any atom is -0.493 e. The van der Waals surface area contributed by atoms with Gasteiger partial charge >= 0.3 is 0 Å². The molecule has 1 atom stereocenters. The summed E-state index contributed by atoms with van der Waals surface area (Å²) in [4.78, 5) is 0. The maximum atomic E-state index is 10.5. The van der Waals surface area contributed by atoms with Gasteiger partial charge in [0.1, 0.15) is 5.75 Å². The number of benzene rings is 1. The Labute approximate surface area is 121 Å². The van der Waals surface area contributed by atoms with Crippen molar-refractivity contribution in [2.45, 2.75) is 39.2 Å². The molecule has 1 aromatic rings. The molecule has 1 N–H and O–H groups in total. The third-order valence-corrected chi connectivity index (χ3v) is 3.96. The number of rotatable bonds is 7. The van der Waals surface area contributed by atoms with E-state index in [1.165, 1.54) is 0 Å². The second kappa shape index (κ2) is 6.44. The summed E-state index contributed by atoms with van der Waals surface area (Å²) in [6.45, 7) is 10.00. The Morgan fingerprint density at radius 1 is 1.26 bits per heavy atom. The first-order valence-corrected chi connectivity index (χ1v) is 6.88. The molecule has 0 aliphatic heterocycles. The monoisotopic (exact) mass is 282 g/mol. The summed E-state index contributed by atoms with van der Waals surface area (Å²) in [5, 5.41) is 11.2. The highest BCUT2D eigenvalue weighted by molar-refractivity contribution is 6.30. The molecule has 0 bridgehead atoms. The number of halogens is 1. The summed E-state index contributed by atoms with van der Waals surface area (Å²) in [6, 6.07) is 7.24. The van der Waals surface area contributed by atoms with Crippen molar-refractivity contribution in [3.05, 3.63) is 41.9 Å². The van der Waals surface area contributed by atoms with Crippen LogP contribution < -0.4 is 4.74 Å². The molecule has 0 aromatic heterocycles. The predicted octanol–water partition coefficient (Wildman–Crippen LogP) is 4.46. The molecule has 0 heterocycles. The zero-order valence-corrected chi connectivity index (χ0v) is 12.7. The molecule has 2 nitrogen and oxygen atoms in total. The Balaban J connectivity index is 2.63. The van der Waals surface area contributed by atoms with Crippen molar-refractivity contribution in [2.75, 3.05) is 6.61 Å². The molecule has 0 radical (unpaired) electrons. The zero-order valence-electron chi connectivity index (χ0n) is 11.9. The Hall–Kier alpha value is -0.990. The first-order chi connectivity index (χ1) is 8.78. The molecular weight excluding hydrogens is 260 g/mol.